The van der Waals surface area contributed by atoms with Crippen molar-refractivity contribution in [3.63, 3.8) is 0 Å². The fourth-order valence-electron chi connectivity index (χ4n) is 4.57. The van der Waals surface area contributed by atoms with Gasteiger partial charge in [0, 0.05) is 38.2 Å². The number of hydrogen-bond acceptors (Lipinski definition) is 7. The van der Waals surface area contributed by atoms with Gasteiger partial charge in [-0.3, -0.25) is 14.5 Å². The van der Waals surface area contributed by atoms with E-state index in [1.165, 1.54) is 0 Å². The van der Waals surface area contributed by atoms with Crippen LogP contribution in [0.2, 0.25) is 0 Å². The molecule has 2 N–H and O–H groups in total. The van der Waals surface area contributed by atoms with Crippen LogP contribution in [0.1, 0.15) is 38.5 Å². The van der Waals surface area contributed by atoms with E-state index in [2.05, 4.69) is 37.8 Å². The van der Waals surface area contributed by atoms with Crippen LogP contribution in [0.25, 0.3) is 11.1 Å². The molecule has 1 aliphatic rings. The molecule has 39 heavy (non-hydrogen) atoms. The minimum absolute atomic E-state index is 0.0161. The highest BCUT2D eigenvalue weighted by Gasteiger charge is 2.24. The predicted octanol–water partition coefficient (Wildman–Crippen LogP) is 3.51. The Balaban J connectivity index is 1.11. The highest BCUT2D eigenvalue weighted by molar-refractivity contribution is 5.94. The molecule has 4 aromatic rings. The van der Waals surface area contributed by atoms with Crippen LogP contribution in [0.15, 0.2) is 89.5 Å². The van der Waals surface area contributed by atoms with Crippen LogP contribution in [-0.2, 0) is 11.2 Å². The first-order valence-electron chi connectivity index (χ1n) is 13.1. The largest absolute Gasteiger partial charge is 0.379 e. The second kappa shape index (κ2) is 12.9. The van der Waals surface area contributed by atoms with Crippen molar-refractivity contribution in [3.05, 3.63) is 108 Å². The second-order valence-electron chi connectivity index (χ2n) is 9.25. The molecular formula is C30H31N5O4. The molecule has 1 saturated heterocycles. The molecule has 1 atom stereocenters. The number of hydrogen-bond donors (Lipinski definition) is 2. The fraction of sp³-hybridized carbons (Fsp3) is 0.267. The fourth-order valence-corrected chi connectivity index (χ4v) is 4.57. The lowest BCUT2D eigenvalue weighted by molar-refractivity contribution is 0.0162. The van der Waals surface area contributed by atoms with Crippen molar-refractivity contribution in [1.29, 1.82) is 0 Å². The van der Waals surface area contributed by atoms with Crippen LogP contribution in [0, 0.1) is 0 Å². The molecule has 1 aliphatic heterocycles. The van der Waals surface area contributed by atoms with E-state index in [0.29, 0.717) is 38.3 Å². The number of benzene rings is 3. The van der Waals surface area contributed by atoms with Crippen LogP contribution in [0.5, 0.6) is 0 Å². The second-order valence-corrected chi connectivity index (χ2v) is 9.25. The maximum atomic E-state index is 12.8. The minimum atomic E-state index is -0.401. The van der Waals surface area contributed by atoms with Crippen molar-refractivity contribution in [2.24, 2.45) is 0 Å². The van der Waals surface area contributed by atoms with Gasteiger partial charge in [-0.05, 0) is 28.8 Å². The Morgan fingerprint density at radius 3 is 2.21 bits per heavy atom. The lowest BCUT2D eigenvalue weighted by Gasteiger charge is -2.34. The van der Waals surface area contributed by atoms with Gasteiger partial charge in [0.1, 0.15) is 0 Å². The third kappa shape index (κ3) is 6.95. The molecule has 2 heterocycles. The van der Waals surface area contributed by atoms with Gasteiger partial charge in [-0.1, -0.05) is 78.0 Å². The molecule has 1 fully saturated rings. The Bertz CT molecular complexity index is 1350. The average Bonchev–Trinajstić information content (AvgIpc) is 3.48. The van der Waals surface area contributed by atoms with Gasteiger partial charge in [0.2, 0.25) is 5.89 Å². The maximum absolute atomic E-state index is 12.8. The summed E-state index contributed by atoms with van der Waals surface area (Å²) in [5, 5.41) is 9.63. The Morgan fingerprint density at radius 1 is 0.821 bits per heavy atom. The molecule has 3 aromatic carbocycles. The molecule has 5 rings (SSSR count). The van der Waals surface area contributed by atoms with Crippen molar-refractivity contribution >= 4 is 11.8 Å². The van der Waals surface area contributed by atoms with Gasteiger partial charge in [0.05, 0.1) is 19.3 Å². The molecule has 0 radical (unpaired) electrons. The molecule has 9 heteroatoms. The van der Waals surface area contributed by atoms with Gasteiger partial charge in [0.15, 0.2) is 0 Å². The molecule has 0 bridgehead atoms. The normalized spacial score (nSPS) is 14.5. The van der Waals surface area contributed by atoms with E-state index < -0.39 is 5.91 Å². The van der Waals surface area contributed by atoms with E-state index >= 15 is 0 Å². The molecule has 200 valence electrons. The standard InChI is InChI=1S/C30H31N5O4/c36-29(25-13-11-23(12-14-25)22-7-3-1-4-8-22)31-16-15-27-33-28(34-39-27)30(37)32-21-26(24-9-5-2-6-10-24)35-17-19-38-20-18-35/h1-14,26H,15-21H2,(H,31,36)(H,32,37). The topological polar surface area (TPSA) is 110 Å². The first kappa shape index (κ1) is 26.3. The van der Waals surface area contributed by atoms with Gasteiger partial charge in [0.25, 0.3) is 17.6 Å². The number of carbonyl (C=O) groups is 2. The Morgan fingerprint density at radius 2 is 1.49 bits per heavy atom. The van der Waals surface area contributed by atoms with Crippen molar-refractivity contribution in [3.8, 4) is 11.1 Å². The molecule has 1 unspecified atom stereocenters. The molecule has 9 nitrogen and oxygen atoms in total. The van der Waals surface area contributed by atoms with E-state index in [1.807, 2.05) is 60.7 Å². The first-order chi connectivity index (χ1) is 19.2. The van der Waals surface area contributed by atoms with Gasteiger partial charge in [-0.25, -0.2) is 0 Å². The van der Waals surface area contributed by atoms with E-state index in [-0.39, 0.29) is 23.7 Å². The summed E-state index contributed by atoms with van der Waals surface area (Å²) in [5.41, 5.74) is 3.83. The smallest absolute Gasteiger partial charge is 0.292 e. The van der Waals surface area contributed by atoms with Gasteiger partial charge >= 0.3 is 0 Å². The number of nitrogens with zero attached hydrogens (tertiary/aromatic N) is 3. The summed E-state index contributed by atoms with van der Waals surface area (Å²) in [5.74, 6) is -0.335. The SMILES string of the molecule is O=C(NCCc1nc(C(=O)NCC(c2ccccc2)N2CCOCC2)no1)c1ccc(-c2ccccc2)cc1. The van der Waals surface area contributed by atoms with Gasteiger partial charge < -0.3 is 19.9 Å². The molecule has 0 aliphatic carbocycles. The third-order valence-electron chi connectivity index (χ3n) is 6.68. The molecular weight excluding hydrogens is 494 g/mol. The summed E-state index contributed by atoms with van der Waals surface area (Å²) >= 11 is 0. The van der Waals surface area contributed by atoms with Crippen LogP contribution < -0.4 is 10.6 Å². The summed E-state index contributed by atoms with van der Waals surface area (Å²) in [6.45, 7) is 3.64. The van der Waals surface area contributed by atoms with Gasteiger partial charge in [-0.2, -0.15) is 4.98 Å². The Kier molecular flexibility index (Phi) is 8.72. The number of nitrogens with one attached hydrogen (secondary N) is 2. The quantitative estimate of drug-likeness (QED) is 0.326. The molecule has 2 amide bonds. The summed E-state index contributed by atoms with van der Waals surface area (Å²) in [7, 11) is 0. The summed E-state index contributed by atoms with van der Waals surface area (Å²) in [6.07, 6.45) is 0.314. The molecule has 0 spiro atoms. The molecule has 1 aromatic heterocycles. The van der Waals surface area contributed by atoms with Crippen molar-refractivity contribution in [2.45, 2.75) is 12.5 Å². The number of carbonyl (C=O) groups excluding carboxylic acids is 2. The number of morpholine rings is 1. The van der Waals surface area contributed by atoms with E-state index in [9.17, 15) is 9.59 Å². The highest BCUT2D eigenvalue weighted by atomic mass is 16.5. The van der Waals surface area contributed by atoms with Crippen LogP contribution >= 0.6 is 0 Å². The lowest BCUT2D eigenvalue weighted by Crippen LogP contribution is -2.44. The zero-order chi connectivity index (χ0) is 26.9. The van der Waals surface area contributed by atoms with Crippen LogP contribution in [-0.4, -0.2) is 66.2 Å². The van der Waals surface area contributed by atoms with E-state index in [4.69, 9.17) is 9.26 Å². The van der Waals surface area contributed by atoms with Crippen LogP contribution in [0.3, 0.4) is 0 Å². The lowest BCUT2D eigenvalue weighted by atomic mass is 10.0. The zero-order valence-corrected chi connectivity index (χ0v) is 21.6. The maximum Gasteiger partial charge on any atom is 0.292 e. The van der Waals surface area contributed by atoms with Crippen molar-refractivity contribution in [1.82, 2.24) is 25.7 Å². The monoisotopic (exact) mass is 525 g/mol. The van der Waals surface area contributed by atoms with Crippen molar-refractivity contribution in [2.75, 3.05) is 39.4 Å². The minimum Gasteiger partial charge on any atom is -0.379 e. The highest BCUT2D eigenvalue weighted by Crippen LogP contribution is 2.21. The number of amides is 2. The Hall–Kier alpha value is -4.34. The van der Waals surface area contributed by atoms with E-state index in [0.717, 1.165) is 29.8 Å². The molecule has 0 saturated carbocycles. The number of ether oxygens (including phenoxy) is 1. The van der Waals surface area contributed by atoms with E-state index in [1.54, 1.807) is 12.1 Å². The first-order valence-corrected chi connectivity index (χ1v) is 13.1. The summed E-state index contributed by atoms with van der Waals surface area (Å²) in [6, 6.07) is 27.5. The predicted molar refractivity (Wildman–Crippen MR) is 146 cm³/mol. The summed E-state index contributed by atoms with van der Waals surface area (Å²) < 4.78 is 10.7. The average molecular weight is 526 g/mol. The Labute approximate surface area is 227 Å². The zero-order valence-electron chi connectivity index (χ0n) is 21.6. The third-order valence-corrected chi connectivity index (χ3v) is 6.68. The van der Waals surface area contributed by atoms with Gasteiger partial charge in [-0.15, -0.1) is 0 Å². The van der Waals surface area contributed by atoms with Crippen LogP contribution in [0.4, 0.5) is 0 Å². The number of aromatic nitrogens is 2. The number of rotatable bonds is 10. The summed E-state index contributed by atoms with van der Waals surface area (Å²) in [4.78, 5) is 31.8. The van der Waals surface area contributed by atoms with Crippen molar-refractivity contribution < 1.29 is 18.8 Å².